The number of nitrogens with one attached hydrogen (secondary N) is 1. The molecule has 0 spiro atoms. The number of aromatic nitrogens is 3. The zero-order valence-electron chi connectivity index (χ0n) is 17.5. The van der Waals surface area contributed by atoms with Gasteiger partial charge in [-0.05, 0) is 49.2 Å². The van der Waals surface area contributed by atoms with Crippen molar-refractivity contribution in [2.75, 3.05) is 18.0 Å². The summed E-state index contributed by atoms with van der Waals surface area (Å²) in [4.78, 5) is 18.2. The molecule has 2 N–H and O–H groups in total. The molecular weight excluding hydrogens is 439 g/mol. The molecule has 11 heteroatoms. The molecule has 3 heterocycles. The summed E-state index contributed by atoms with van der Waals surface area (Å²) in [6, 6.07) is 7.10. The summed E-state index contributed by atoms with van der Waals surface area (Å²) in [5.74, 6) is -0.720. The van der Waals surface area contributed by atoms with E-state index in [4.69, 9.17) is 0 Å². The van der Waals surface area contributed by atoms with Crippen molar-refractivity contribution in [3.8, 4) is 11.4 Å². The van der Waals surface area contributed by atoms with Gasteiger partial charge >= 0.3 is 6.36 Å². The summed E-state index contributed by atoms with van der Waals surface area (Å²) in [6.07, 6.45) is -0.933. The van der Waals surface area contributed by atoms with Gasteiger partial charge in [-0.15, -0.1) is 13.2 Å². The predicted molar refractivity (Wildman–Crippen MR) is 115 cm³/mol. The van der Waals surface area contributed by atoms with Crippen LogP contribution in [0.3, 0.4) is 0 Å². The van der Waals surface area contributed by atoms with E-state index in [1.165, 1.54) is 28.9 Å². The molecule has 1 aromatic carbocycles. The normalized spacial score (nSPS) is 16.6. The van der Waals surface area contributed by atoms with Crippen LogP contribution in [0.1, 0.15) is 18.5 Å². The van der Waals surface area contributed by atoms with E-state index in [0.717, 1.165) is 31.1 Å². The molecule has 1 amide bonds. The smallest absolute Gasteiger partial charge is 0.406 e. The number of anilines is 1. The number of halogens is 3. The number of aliphatic hydroxyl groups excluding tert-OH is 1. The molecule has 0 aliphatic carbocycles. The van der Waals surface area contributed by atoms with Gasteiger partial charge in [-0.3, -0.25) is 4.79 Å². The number of benzene rings is 1. The van der Waals surface area contributed by atoms with Gasteiger partial charge in [0.05, 0.1) is 35.1 Å². The zero-order valence-corrected chi connectivity index (χ0v) is 17.5. The van der Waals surface area contributed by atoms with E-state index in [9.17, 15) is 23.1 Å². The summed E-state index contributed by atoms with van der Waals surface area (Å²) >= 11 is 0. The van der Waals surface area contributed by atoms with Crippen LogP contribution in [0.5, 0.6) is 5.75 Å². The van der Waals surface area contributed by atoms with E-state index in [2.05, 4.69) is 26.7 Å². The van der Waals surface area contributed by atoms with Crippen molar-refractivity contribution in [3.63, 3.8) is 0 Å². The molecule has 1 atom stereocenters. The Morgan fingerprint density at radius 3 is 2.73 bits per heavy atom. The third-order valence-corrected chi connectivity index (χ3v) is 5.29. The second kappa shape index (κ2) is 9.10. The lowest BCUT2D eigenvalue weighted by molar-refractivity contribution is -0.274. The lowest BCUT2D eigenvalue weighted by atomic mass is 10.1. The maximum Gasteiger partial charge on any atom is 0.573 e. The lowest BCUT2D eigenvalue weighted by Gasteiger charge is -2.32. The molecule has 1 aliphatic heterocycles. The first-order valence-corrected chi connectivity index (χ1v) is 10.3. The van der Waals surface area contributed by atoms with Crippen molar-refractivity contribution in [1.29, 1.82) is 0 Å². The molecule has 1 fully saturated rings. The molecule has 1 unspecified atom stereocenters. The standard InChI is InChI=1S/C22H22F3N5O3/c1-2-19(32)27-12-17-20-18(29-11-3-4-15(31)13-29)9-10-26-21(20)30(28-17)14-5-7-16(8-6-14)33-22(23,24)25/h2,5-10,15,31H,1,3-4,11-13H2,(H,27,32). The minimum atomic E-state index is -4.79. The van der Waals surface area contributed by atoms with Gasteiger partial charge in [0.15, 0.2) is 5.65 Å². The maximum atomic E-state index is 12.5. The van der Waals surface area contributed by atoms with Crippen LogP contribution in [-0.4, -0.2) is 51.3 Å². The number of rotatable bonds is 6. The molecular formula is C22H22F3N5O3. The Bertz CT molecular complexity index is 1160. The minimum Gasteiger partial charge on any atom is -0.406 e. The highest BCUT2D eigenvalue weighted by Gasteiger charge is 2.31. The largest absolute Gasteiger partial charge is 0.573 e. The minimum absolute atomic E-state index is 0.0959. The van der Waals surface area contributed by atoms with Crippen molar-refractivity contribution in [2.45, 2.75) is 31.9 Å². The number of piperidine rings is 1. The lowest BCUT2D eigenvalue weighted by Crippen LogP contribution is -2.38. The van der Waals surface area contributed by atoms with Crippen molar-refractivity contribution in [2.24, 2.45) is 0 Å². The molecule has 33 heavy (non-hydrogen) atoms. The third kappa shape index (κ3) is 5.08. The van der Waals surface area contributed by atoms with Gasteiger partial charge in [0.2, 0.25) is 5.91 Å². The number of hydrogen-bond acceptors (Lipinski definition) is 6. The van der Waals surface area contributed by atoms with Crippen LogP contribution in [-0.2, 0) is 11.3 Å². The van der Waals surface area contributed by atoms with E-state index in [1.54, 1.807) is 6.20 Å². The predicted octanol–water partition coefficient (Wildman–Crippen LogP) is 3.08. The summed E-state index contributed by atoms with van der Waals surface area (Å²) in [7, 11) is 0. The SMILES string of the molecule is C=CC(=O)NCc1nn(-c2ccc(OC(F)(F)F)cc2)c2nccc(N3CCCC(O)C3)c12. The van der Waals surface area contributed by atoms with Crippen molar-refractivity contribution >= 4 is 22.6 Å². The Balaban J connectivity index is 1.77. The molecule has 0 radical (unpaired) electrons. The highest BCUT2D eigenvalue weighted by atomic mass is 19.4. The topological polar surface area (TPSA) is 92.5 Å². The number of carbonyl (C=O) groups excluding carboxylic acids is 1. The highest BCUT2D eigenvalue weighted by molar-refractivity contribution is 5.93. The van der Waals surface area contributed by atoms with Crippen LogP contribution in [0.4, 0.5) is 18.9 Å². The first kappa shape index (κ1) is 22.6. The van der Waals surface area contributed by atoms with Gasteiger partial charge < -0.3 is 20.1 Å². The Hall–Kier alpha value is -3.60. The molecule has 1 aliphatic rings. The Kier molecular flexibility index (Phi) is 6.23. The number of β-amino-alcohol motifs (C(OH)–C–C–N with tert-alkyl or cyclic N) is 1. The summed E-state index contributed by atoms with van der Waals surface area (Å²) in [5.41, 5.74) is 2.28. The van der Waals surface area contributed by atoms with Gasteiger partial charge in [-0.1, -0.05) is 6.58 Å². The van der Waals surface area contributed by atoms with E-state index in [-0.39, 0.29) is 18.2 Å². The van der Waals surface area contributed by atoms with Crippen molar-refractivity contribution in [3.05, 3.63) is 54.9 Å². The molecule has 3 aromatic rings. The fourth-order valence-corrected chi connectivity index (χ4v) is 3.87. The Morgan fingerprint density at radius 1 is 1.30 bits per heavy atom. The van der Waals surface area contributed by atoms with E-state index < -0.39 is 12.5 Å². The van der Waals surface area contributed by atoms with Gasteiger partial charge in [0.25, 0.3) is 0 Å². The van der Waals surface area contributed by atoms with E-state index in [1.807, 2.05) is 11.0 Å². The summed E-state index contributed by atoms with van der Waals surface area (Å²) in [6.45, 7) is 4.73. The van der Waals surface area contributed by atoms with Crippen LogP contribution in [0.25, 0.3) is 16.7 Å². The van der Waals surface area contributed by atoms with Crippen LogP contribution in [0.2, 0.25) is 0 Å². The van der Waals surface area contributed by atoms with Crippen LogP contribution >= 0.6 is 0 Å². The molecule has 0 bridgehead atoms. The molecule has 174 valence electrons. The number of alkyl halides is 3. The van der Waals surface area contributed by atoms with Crippen LogP contribution in [0.15, 0.2) is 49.2 Å². The fourth-order valence-electron chi connectivity index (χ4n) is 3.87. The van der Waals surface area contributed by atoms with Gasteiger partial charge in [-0.25, -0.2) is 9.67 Å². The molecule has 2 aromatic heterocycles. The van der Waals surface area contributed by atoms with Gasteiger partial charge in [0, 0.05) is 19.3 Å². The number of aliphatic hydroxyl groups is 1. The Labute approximate surface area is 187 Å². The first-order chi connectivity index (χ1) is 15.7. The Morgan fingerprint density at radius 2 is 2.06 bits per heavy atom. The number of hydrogen-bond donors (Lipinski definition) is 2. The number of amides is 1. The summed E-state index contributed by atoms with van der Waals surface area (Å²) < 4.78 is 42.9. The average molecular weight is 461 g/mol. The molecule has 4 rings (SSSR count). The average Bonchev–Trinajstić information content (AvgIpc) is 3.16. The third-order valence-electron chi connectivity index (χ3n) is 5.29. The first-order valence-electron chi connectivity index (χ1n) is 10.3. The second-order valence-electron chi connectivity index (χ2n) is 7.59. The van der Waals surface area contributed by atoms with Gasteiger partial charge in [0.1, 0.15) is 5.75 Å². The molecule has 8 nitrogen and oxygen atoms in total. The fraction of sp³-hybridized carbons (Fsp3) is 0.318. The summed E-state index contributed by atoms with van der Waals surface area (Å²) in [5, 5.41) is 18.1. The van der Waals surface area contributed by atoms with Crippen LogP contribution < -0.4 is 15.0 Å². The molecule has 0 saturated carbocycles. The van der Waals surface area contributed by atoms with Crippen molar-refractivity contribution in [1.82, 2.24) is 20.1 Å². The van der Waals surface area contributed by atoms with E-state index in [0.29, 0.717) is 29.0 Å². The van der Waals surface area contributed by atoms with Crippen molar-refractivity contribution < 1.29 is 27.8 Å². The van der Waals surface area contributed by atoms with Gasteiger partial charge in [-0.2, -0.15) is 5.10 Å². The number of ether oxygens (including phenoxy) is 1. The number of carbonyl (C=O) groups is 1. The number of fused-ring (bicyclic) bond motifs is 1. The van der Waals surface area contributed by atoms with E-state index >= 15 is 0 Å². The quantitative estimate of drug-likeness (QED) is 0.548. The number of nitrogens with zero attached hydrogens (tertiary/aromatic N) is 4. The molecule has 1 saturated heterocycles. The monoisotopic (exact) mass is 461 g/mol. The van der Waals surface area contributed by atoms with Crippen LogP contribution in [0, 0.1) is 0 Å². The highest BCUT2D eigenvalue weighted by Crippen LogP contribution is 2.32. The zero-order chi connectivity index (χ0) is 23.6. The number of pyridine rings is 1. The maximum absolute atomic E-state index is 12.5. The second-order valence-corrected chi connectivity index (χ2v) is 7.59.